The lowest BCUT2D eigenvalue weighted by atomic mass is 10.2. The molecule has 0 fully saturated rings. The summed E-state index contributed by atoms with van der Waals surface area (Å²) in [6, 6.07) is 7.50. The smallest absolute Gasteiger partial charge is 0.245 e. The topological polar surface area (TPSA) is 131 Å². The molecule has 0 radical (unpaired) electrons. The van der Waals surface area contributed by atoms with Crippen LogP contribution in [-0.4, -0.2) is 42.0 Å². The summed E-state index contributed by atoms with van der Waals surface area (Å²) < 4.78 is 12.3. The SMILES string of the molecule is COC(C)c1cccc(Cn2cc(-c3cc(-c4ncco4)nc(N)n3)nn2)n1. The Morgan fingerprint density at radius 1 is 1.18 bits per heavy atom. The van der Waals surface area contributed by atoms with Gasteiger partial charge < -0.3 is 14.9 Å². The molecule has 142 valence electrons. The first kappa shape index (κ1) is 17.7. The molecule has 0 saturated heterocycles. The normalized spacial score (nSPS) is 12.2. The fourth-order valence-electron chi connectivity index (χ4n) is 2.65. The number of pyridine rings is 1. The minimum Gasteiger partial charge on any atom is -0.443 e. The van der Waals surface area contributed by atoms with Crippen LogP contribution in [0.15, 0.2) is 47.3 Å². The summed E-state index contributed by atoms with van der Waals surface area (Å²) in [6.07, 6.45) is 4.70. The van der Waals surface area contributed by atoms with Crippen LogP contribution < -0.4 is 5.73 Å². The molecule has 10 nitrogen and oxygen atoms in total. The Bertz CT molecular complexity index is 1080. The van der Waals surface area contributed by atoms with Crippen molar-refractivity contribution in [3.05, 3.63) is 54.3 Å². The van der Waals surface area contributed by atoms with Crippen LogP contribution in [0.2, 0.25) is 0 Å². The minimum absolute atomic E-state index is 0.0797. The largest absolute Gasteiger partial charge is 0.443 e. The lowest BCUT2D eigenvalue weighted by molar-refractivity contribution is 0.116. The van der Waals surface area contributed by atoms with Gasteiger partial charge in [0.15, 0.2) is 0 Å². The zero-order valence-electron chi connectivity index (χ0n) is 15.4. The van der Waals surface area contributed by atoms with Crippen LogP contribution in [0.5, 0.6) is 0 Å². The highest BCUT2D eigenvalue weighted by Gasteiger charge is 2.13. The molecule has 28 heavy (non-hydrogen) atoms. The number of ether oxygens (including phenoxy) is 1. The van der Waals surface area contributed by atoms with Crippen molar-refractivity contribution < 1.29 is 9.15 Å². The van der Waals surface area contributed by atoms with Crippen molar-refractivity contribution in [2.45, 2.75) is 19.6 Å². The first-order chi connectivity index (χ1) is 13.6. The molecule has 0 amide bonds. The molecule has 0 aromatic carbocycles. The molecule has 1 atom stereocenters. The predicted molar refractivity (Wildman–Crippen MR) is 99.7 cm³/mol. The van der Waals surface area contributed by atoms with Gasteiger partial charge in [-0.25, -0.2) is 19.6 Å². The van der Waals surface area contributed by atoms with E-state index >= 15 is 0 Å². The fourth-order valence-corrected chi connectivity index (χ4v) is 2.65. The number of nitrogen functional groups attached to an aromatic ring is 1. The van der Waals surface area contributed by atoms with Gasteiger partial charge >= 0.3 is 0 Å². The maximum absolute atomic E-state index is 5.82. The highest BCUT2D eigenvalue weighted by Crippen LogP contribution is 2.22. The van der Waals surface area contributed by atoms with Crippen LogP contribution in [0, 0.1) is 0 Å². The Labute approximate surface area is 160 Å². The molecule has 4 aromatic heterocycles. The predicted octanol–water partition coefficient (Wildman–Crippen LogP) is 2.12. The molecule has 0 bridgehead atoms. The van der Waals surface area contributed by atoms with Gasteiger partial charge in [0.25, 0.3) is 0 Å². The van der Waals surface area contributed by atoms with Crippen molar-refractivity contribution >= 4 is 5.95 Å². The Kier molecular flexibility index (Phi) is 4.77. The Balaban J connectivity index is 1.59. The molecule has 0 spiro atoms. The van der Waals surface area contributed by atoms with E-state index in [4.69, 9.17) is 14.9 Å². The lowest BCUT2D eigenvalue weighted by Gasteiger charge is -2.10. The third kappa shape index (κ3) is 3.71. The zero-order chi connectivity index (χ0) is 19.5. The van der Waals surface area contributed by atoms with E-state index in [2.05, 4.69) is 30.2 Å². The van der Waals surface area contributed by atoms with Gasteiger partial charge in [-0.3, -0.25) is 4.98 Å². The Morgan fingerprint density at radius 3 is 2.82 bits per heavy atom. The molecule has 4 rings (SSSR count). The van der Waals surface area contributed by atoms with E-state index in [1.807, 2.05) is 25.1 Å². The number of methoxy groups -OCH3 is 1. The maximum atomic E-state index is 5.82. The Morgan fingerprint density at radius 2 is 2.04 bits per heavy atom. The van der Waals surface area contributed by atoms with E-state index in [1.165, 1.54) is 12.5 Å². The van der Waals surface area contributed by atoms with Crippen molar-refractivity contribution in [3.63, 3.8) is 0 Å². The molecular weight excluding hydrogens is 360 g/mol. The lowest BCUT2D eigenvalue weighted by Crippen LogP contribution is -2.06. The van der Waals surface area contributed by atoms with Gasteiger partial charge in [-0.05, 0) is 25.1 Å². The standard InChI is InChI=1S/C18H18N8O2/c1-11(27-2)13-5-3-4-12(21-13)9-26-10-16(24-25-26)14-8-15(23-18(19)22-14)17-20-6-7-28-17/h3-8,10-11H,9H2,1-2H3,(H2,19,22,23). The molecule has 0 aliphatic carbocycles. The number of oxazole rings is 1. The first-order valence-electron chi connectivity index (χ1n) is 8.56. The Hall–Kier alpha value is -3.66. The number of nitrogens with two attached hydrogens (primary N) is 1. The molecule has 10 heteroatoms. The average Bonchev–Trinajstić information content (AvgIpc) is 3.39. The van der Waals surface area contributed by atoms with E-state index < -0.39 is 0 Å². The highest BCUT2D eigenvalue weighted by atomic mass is 16.5. The molecule has 2 N–H and O–H groups in total. The zero-order valence-corrected chi connectivity index (χ0v) is 15.4. The van der Waals surface area contributed by atoms with E-state index in [0.29, 0.717) is 29.5 Å². The van der Waals surface area contributed by atoms with Gasteiger partial charge in [-0.1, -0.05) is 11.3 Å². The molecule has 0 saturated carbocycles. The molecule has 0 aliphatic heterocycles. The summed E-state index contributed by atoms with van der Waals surface area (Å²) in [5.74, 6) is 0.458. The maximum Gasteiger partial charge on any atom is 0.245 e. The van der Waals surface area contributed by atoms with Crippen molar-refractivity contribution in [2.24, 2.45) is 0 Å². The average molecular weight is 378 g/mol. The van der Waals surface area contributed by atoms with E-state index in [9.17, 15) is 0 Å². The van der Waals surface area contributed by atoms with Crippen molar-refractivity contribution in [1.82, 2.24) is 34.9 Å². The van der Waals surface area contributed by atoms with Crippen molar-refractivity contribution in [1.29, 1.82) is 0 Å². The van der Waals surface area contributed by atoms with Gasteiger partial charge in [-0.15, -0.1) is 5.10 Å². The van der Waals surface area contributed by atoms with E-state index in [1.54, 1.807) is 24.1 Å². The molecule has 4 aromatic rings. The summed E-state index contributed by atoms with van der Waals surface area (Å²) in [4.78, 5) is 17.1. The summed E-state index contributed by atoms with van der Waals surface area (Å²) in [5.41, 5.74) is 9.10. The van der Waals surface area contributed by atoms with Gasteiger partial charge in [0, 0.05) is 7.11 Å². The number of aromatic nitrogens is 7. The van der Waals surface area contributed by atoms with Crippen LogP contribution in [0.3, 0.4) is 0 Å². The van der Waals surface area contributed by atoms with Crippen molar-refractivity contribution in [2.75, 3.05) is 12.8 Å². The van der Waals surface area contributed by atoms with Gasteiger partial charge in [0.1, 0.15) is 17.7 Å². The molecule has 4 heterocycles. The van der Waals surface area contributed by atoms with Gasteiger partial charge in [0.2, 0.25) is 11.8 Å². The number of hydrogen-bond acceptors (Lipinski definition) is 9. The van der Waals surface area contributed by atoms with Crippen LogP contribution in [0.1, 0.15) is 24.4 Å². The van der Waals surface area contributed by atoms with Gasteiger partial charge in [-0.2, -0.15) is 0 Å². The second-order valence-electron chi connectivity index (χ2n) is 6.07. The van der Waals surface area contributed by atoms with Crippen molar-refractivity contribution in [3.8, 4) is 23.0 Å². The van der Waals surface area contributed by atoms with Crippen LogP contribution in [0.25, 0.3) is 23.0 Å². The fraction of sp³-hybridized carbons (Fsp3) is 0.222. The molecular formula is C18H18N8O2. The van der Waals surface area contributed by atoms with E-state index in [-0.39, 0.29) is 12.1 Å². The quantitative estimate of drug-likeness (QED) is 0.536. The first-order valence-corrected chi connectivity index (χ1v) is 8.56. The van der Waals surface area contributed by atoms with Crippen LogP contribution >= 0.6 is 0 Å². The molecule has 0 aliphatic rings. The minimum atomic E-state index is -0.0797. The number of anilines is 1. The van der Waals surface area contributed by atoms with Gasteiger partial charge in [0.05, 0.1) is 42.1 Å². The number of rotatable bonds is 6. The van der Waals surface area contributed by atoms with Crippen LogP contribution in [0.4, 0.5) is 5.95 Å². The monoisotopic (exact) mass is 378 g/mol. The summed E-state index contributed by atoms with van der Waals surface area (Å²) in [5, 5.41) is 8.34. The summed E-state index contributed by atoms with van der Waals surface area (Å²) in [7, 11) is 1.66. The summed E-state index contributed by atoms with van der Waals surface area (Å²) >= 11 is 0. The van der Waals surface area contributed by atoms with E-state index in [0.717, 1.165) is 11.4 Å². The number of nitrogens with zero attached hydrogens (tertiary/aromatic N) is 7. The molecule has 1 unspecified atom stereocenters. The second-order valence-corrected chi connectivity index (χ2v) is 6.07. The highest BCUT2D eigenvalue weighted by molar-refractivity contribution is 5.62. The third-order valence-electron chi connectivity index (χ3n) is 4.12. The summed E-state index contributed by atoms with van der Waals surface area (Å²) in [6.45, 7) is 2.41. The van der Waals surface area contributed by atoms with Crippen LogP contribution in [-0.2, 0) is 11.3 Å². The number of hydrogen-bond donors (Lipinski definition) is 1. The second kappa shape index (κ2) is 7.53. The third-order valence-corrected chi connectivity index (χ3v) is 4.12.